The fraction of sp³-hybridized carbons (Fsp3) is 0.857. The minimum atomic E-state index is -0.446. The van der Waals surface area contributed by atoms with E-state index in [1.807, 2.05) is 23.6 Å². The van der Waals surface area contributed by atoms with Gasteiger partial charge in [-0.1, -0.05) is 0 Å². The third-order valence-corrected chi connectivity index (χ3v) is 3.76. The van der Waals surface area contributed by atoms with E-state index in [9.17, 15) is 9.59 Å². The highest BCUT2D eigenvalue weighted by Gasteiger charge is 2.23. The Balaban J connectivity index is 2.48. The third kappa shape index (κ3) is 4.76. The van der Waals surface area contributed by atoms with Crippen molar-refractivity contribution >= 4 is 11.8 Å². The summed E-state index contributed by atoms with van der Waals surface area (Å²) in [5, 5.41) is 0. The van der Waals surface area contributed by atoms with Gasteiger partial charge in [-0.3, -0.25) is 14.5 Å². The van der Waals surface area contributed by atoms with Crippen molar-refractivity contribution in [2.75, 3.05) is 45.8 Å². The molecule has 1 aliphatic rings. The van der Waals surface area contributed by atoms with Crippen LogP contribution in [0.25, 0.3) is 0 Å². The van der Waals surface area contributed by atoms with E-state index in [2.05, 4.69) is 4.90 Å². The maximum atomic E-state index is 12.1. The van der Waals surface area contributed by atoms with Crippen LogP contribution < -0.4 is 5.73 Å². The van der Waals surface area contributed by atoms with E-state index in [4.69, 9.17) is 5.73 Å². The van der Waals surface area contributed by atoms with Crippen molar-refractivity contribution in [3.05, 3.63) is 0 Å². The second-order valence-corrected chi connectivity index (χ2v) is 5.31. The summed E-state index contributed by atoms with van der Waals surface area (Å²) in [6.45, 7) is 10.6. The van der Waals surface area contributed by atoms with E-state index in [1.54, 1.807) is 6.92 Å². The number of amides is 2. The lowest BCUT2D eigenvalue weighted by atomic mass is 10.3. The molecule has 0 aliphatic carbocycles. The topological polar surface area (TPSA) is 69.9 Å². The molecule has 0 radical (unpaired) electrons. The highest BCUT2D eigenvalue weighted by Crippen LogP contribution is 2.05. The number of nitrogens with two attached hydrogens (primary N) is 1. The van der Waals surface area contributed by atoms with Gasteiger partial charge in [0.15, 0.2) is 0 Å². The second-order valence-electron chi connectivity index (χ2n) is 5.31. The Morgan fingerprint density at radius 3 is 2.35 bits per heavy atom. The monoisotopic (exact) mass is 284 g/mol. The molecule has 0 aromatic heterocycles. The summed E-state index contributed by atoms with van der Waals surface area (Å²) in [5.74, 6) is 0.170. The largest absolute Gasteiger partial charge is 0.342 e. The second kappa shape index (κ2) is 8.21. The Bertz CT molecular complexity index is 329. The van der Waals surface area contributed by atoms with Crippen LogP contribution in [-0.2, 0) is 9.59 Å². The fourth-order valence-electron chi connectivity index (χ4n) is 2.51. The van der Waals surface area contributed by atoms with E-state index in [1.165, 1.54) is 0 Å². The molecule has 1 heterocycles. The van der Waals surface area contributed by atoms with Crippen molar-refractivity contribution in [1.29, 1.82) is 0 Å². The van der Waals surface area contributed by atoms with Crippen molar-refractivity contribution in [3.63, 3.8) is 0 Å². The molecule has 2 amide bonds. The standard InChI is InChI=1S/C14H28N4O2/c1-4-17(5-2)13(19)11-16-7-6-8-18(10-9-16)14(20)12(3)15/h12H,4-11,15H2,1-3H3/t12-/m1/s1. The summed E-state index contributed by atoms with van der Waals surface area (Å²) < 4.78 is 0. The molecule has 0 spiro atoms. The van der Waals surface area contributed by atoms with Crippen LogP contribution >= 0.6 is 0 Å². The lowest BCUT2D eigenvalue weighted by molar-refractivity contribution is -0.132. The van der Waals surface area contributed by atoms with Crippen molar-refractivity contribution in [1.82, 2.24) is 14.7 Å². The van der Waals surface area contributed by atoms with Gasteiger partial charge in [0.2, 0.25) is 11.8 Å². The summed E-state index contributed by atoms with van der Waals surface area (Å²) in [6.07, 6.45) is 0.893. The van der Waals surface area contributed by atoms with Gasteiger partial charge in [0.1, 0.15) is 0 Å². The first-order valence-corrected chi connectivity index (χ1v) is 7.54. The number of likely N-dealkylation sites (N-methyl/N-ethyl adjacent to an activating group) is 1. The van der Waals surface area contributed by atoms with Gasteiger partial charge >= 0.3 is 0 Å². The predicted octanol–water partition coefficient (Wildman–Crippen LogP) is -0.264. The van der Waals surface area contributed by atoms with E-state index in [-0.39, 0.29) is 11.8 Å². The zero-order valence-corrected chi connectivity index (χ0v) is 13.0. The van der Waals surface area contributed by atoms with Gasteiger partial charge in [-0.05, 0) is 27.2 Å². The lowest BCUT2D eigenvalue weighted by Crippen LogP contribution is -2.44. The molecule has 0 aromatic rings. The van der Waals surface area contributed by atoms with Crippen LogP contribution in [0.1, 0.15) is 27.2 Å². The molecule has 1 aliphatic heterocycles. The van der Waals surface area contributed by atoms with Crippen LogP contribution in [0.4, 0.5) is 0 Å². The van der Waals surface area contributed by atoms with Gasteiger partial charge < -0.3 is 15.5 Å². The summed E-state index contributed by atoms with van der Waals surface area (Å²) in [5.41, 5.74) is 5.64. The number of hydrogen-bond donors (Lipinski definition) is 1. The molecular weight excluding hydrogens is 256 g/mol. The zero-order chi connectivity index (χ0) is 15.1. The van der Waals surface area contributed by atoms with Gasteiger partial charge in [0.25, 0.3) is 0 Å². The van der Waals surface area contributed by atoms with Gasteiger partial charge in [-0.25, -0.2) is 0 Å². The van der Waals surface area contributed by atoms with Crippen LogP contribution in [0.15, 0.2) is 0 Å². The molecular formula is C14H28N4O2. The number of carbonyl (C=O) groups is 2. The molecule has 1 fully saturated rings. The number of hydrogen-bond acceptors (Lipinski definition) is 4. The lowest BCUT2D eigenvalue weighted by Gasteiger charge is -2.25. The number of rotatable bonds is 5. The molecule has 6 nitrogen and oxygen atoms in total. The average molecular weight is 284 g/mol. The highest BCUT2D eigenvalue weighted by molar-refractivity contribution is 5.81. The SMILES string of the molecule is CCN(CC)C(=O)CN1CCCN(C(=O)[C@@H](C)N)CC1. The zero-order valence-electron chi connectivity index (χ0n) is 13.0. The summed E-state index contributed by atoms with van der Waals surface area (Å²) in [7, 11) is 0. The van der Waals surface area contributed by atoms with Gasteiger partial charge in [0.05, 0.1) is 12.6 Å². The van der Waals surface area contributed by atoms with Crippen molar-refractivity contribution < 1.29 is 9.59 Å². The first-order chi connectivity index (χ1) is 9.49. The van der Waals surface area contributed by atoms with Crippen molar-refractivity contribution in [2.24, 2.45) is 5.73 Å². The van der Waals surface area contributed by atoms with E-state index in [0.717, 1.165) is 39.1 Å². The summed E-state index contributed by atoms with van der Waals surface area (Å²) in [4.78, 5) is 29.8. The Morgan fingerprint density at radius 1 is 1.15 bits per heavy atom. The van der Waals surface area contributed by atoms with Crippen LogP contribution in [0.3, 0.4) is 0 Å². The van der Waals surface area contributed by atoms with Crippen molar-refractivity contribution in [2.45, 2.75) is 33.2 Å². The normalized spacial score (nSPS) is 18.5. The molecule has 0 aromatic carbocycles. The number of nitrogens with zero attached hydrogens (tertiary/aromatic N) is 3. The molecule has 116 valence electrons. The molecule has 0 bridgehead atoms. The first kappa shape index (κ1) is 16.9. The van der Waals surface area contributed by atoms with Gasteiger partial charge in [-0.15, -0.1) is 0 Å². The third-order valence-electron chi connectivity index (χ3n) is 3.76. The summed E-state index contributed by atoms with van der Waals surface area (Å²) >= 11 is 0. The Morgan fingerprint density at radius 2 is 1.80 bits per heavy atom. The quantitative estimate of drug-likeness (QED) is 0.755. The molecule has 0 saturated carbocycles. The van der Waals surface area contributed by atoms with E-state index in [0.29, 0.717) is 13.1 Å². The maximum absolute atomic E-state index is 12.1. The van der Waals surface area contributed by atoms with Crippen LogP contribution in [0.2, 0.25) is 0 Å². The molecule has 6 heteroatoms. The first-order valence-electron chi connectivity index (χ1n) is 7.54. The Hall–Kier alpha value is -1.14. The molecule has 20 heavy (non-hydrogen) atoms. The Labute approximate surface area is 121 Å². The van der Waals surface area contributed by atoms with Gasteiger partial charge in [0, 0.05) is 39.3 Å². The predicted molar refractivity (Wildman–Crippen MR) is 79.2 cm³/mol. The fourth-order valence-corrected chi connectivity index (χ4v) is 2.51. The molecule has 2 N–H and O–H groups in total. The van der Waals surface area contributed by atoms with Crippen LogP contribution in [-0.4, -0.2) is 78.4 Å². The average Bonchev–Trinajstić information content (AvgIpc) is 2.64. The molecule has 1 rings (SSSR count). The van der Waals surface area contributed by atoms with Crippen LogP contribution in [0.5, 0.6) is 0 Å². The Kier molecular flexibility index (Phi) is 6.95. The van der Waals surface area contributed by atoms with Crippen molar-refractivity contribution in [3.8, 4) is 0 Å². The maximum Gasteiger partial charge on any atom is 0.239 e. The minimum absolute atomic E-state index is 0.00178. The minimum Gasteiger partial charge on any atom is -0.342 e. The van der Waals surface area contributed by atoms with E-state index < -0.39 is 6.04 Å². The highest BCUT2D eigenvalue weighted by atomic mass is 16.2. The smallest absolute Gasteiger partial charge is 0.239 e. The summed E-state index contributed by atoms with van der Waals surface area (Å²) in [6, 6.07) is -0.446. The van der Waals surface area contributed by atoms with Crippen LogP contribution in [0, 0.1) is 0 Å². The molecule has 0 unspecified atom stereocenters. The molecule has 1 saturated heterocycles. The van der Waals surface area contributed by atoms with Gasteiger partial charge in [-0.2, -0.15) is 0 Å². The van der Waals surface area contributed by atoms with E-state index >= 15 is 0 Å². The molecule has 1 atom stereocenters. The number of carbonyl (C=O) groups excluding carboxylic acids is 2.